The van der Waals surface area contributed by atoms with E-state index < -0.39 is 16.8 Å². The molecule has 1 aromatic rings. The number of aliphatic carboxylic acids is 1. The van der Waals surface area contributed by atoms with Crippen molar-refractivity contribution in [2.75, 3.05) is 33.5 Å². The van der Waals surface area contributed by atoms with Gasteiger partial charge in [-0.3, -0.25) is 4.79 Å². The minimum absolute atomic E-state index is 0.226. The van der Waals surface area contributed by atoms with E-state index in [9.17, 15) is 9.90 Å². The minimum atomic E-state index is -0.903. The summed E-state index contributed by atoms with van der Waals surface area (Å²) in [7, 11) is 1.59. The van der Waals surface area contributed by atoms with Crippen LogP contribution in [0.4, 0.5) is 0 Å². The molecule has 0 aliphatic carbocycles. The van der Waals surface area contributed by atoms with Gasteiger partial charge < -0.3 is 19.3 Å². The third-order valence-corrected chi connectivity index (χ3v) is 4.34. The Morgan fingerprint density at radius 2 is 1.84 bits per heavy atom. The lowest BCUT2D eigenvalue weighted by atomic mass is 9.57. The summed E-state index contributed by atoms with van der Waals surface area (Å²) in [6.45, 7) is 1.24. The molecule has 0 atom stereocenters. The fraction of sp³-hybridized carbons (Fsp3) is 0.500. The van der Waals surface area contributed by atoms with Gasteiger partial charge in [0.1, 0.15) is 11.2 Å². The first-order valence-corrected chi connectivity index (χ1v) is 6.19. The van der Waals surface area contributed by atoms with E-state index in [0.717, 1.165) is 5.56 Å². The van der Waals surface area contributed by atoms with Gasteiger partial charge >= 0.3 is 5.97 Å². The smallest absolute Gasteiger partial charge is 0.315 e. The number of carbonyl (C=O) groups is 1. The minimum Gasteiger partial charge on any atom is -0.496 e. The number of ether oxygens (including phenoxy) is 3. The first-order valence-electron chi connectivity index (χ1n) is 6.19. The first-order chi connectivity index (χ1) is 9.16. The molecular weight excluding hydrogens is 248 g/mol. The summed E-state index contributed by atoms with van der Waals surface area (Å²) in [4.78, 5) is 11.7. The van der Waals surface area contributed by atoms with Gasteiger partial charge in [-0.2, -0.15) is 0 Å². The standard InChI is InChI=1S/C14H16O5/c1-17-11-5-3-2-4-10(11)13(6-18-7-13)14(12(15)16)8-19-9-14/h2-5H,6-9H2,1H3,(H,15,16). The van der Waals surface area contributed by atoms with E-state index in [1.807, 2.05) is 24.3 Å². The Labute approximate surface area is 111 Å². The summed E-state index contributed by atoms with van der Waals surface area (Å²) in [5.41, 5.74) is -0.557. The first kappa shape index (κ1) is 12.4. The Morgan fingerprint density at radius 1 is 1.21 bits per heavy atom. The quantitative estimate of drug-likeness (QED) is 0.881. The Hall–Kier alpha value is -1.59. The molecule has 19 heavy (non-hydrogen) atoms. The molecule has 2 saturated heterocycles. The second-order valence-electron chi connectivity index (χ2n) is 5.16. The number of carboxylic acids is 1. The molecule has 102 valence electrons. The van der Waals surface area contributed by atoms with Crippen LogP contribution in [-0.4, -0.2) is 44.6 Å². The zero-order chi connectivity index (χ0) is 13.5. The Bertz CT molecular complexity index is 502. The zero-order valence-electron chi connectivity index (χ0n) is 10.7. The van der Waals surface area contributed by atoms with Crippen LogP contribution >= 0.6 is 0 Å². The molecule has 5 nitrogen and oxygen atoms in total. The third kappa shape index (κ3) is 1.45. The maximum atomic E-state index is 11.7. The molecule has 2 heterocycles. The molecule has 0 radical (unpaired) electrons. The molecular formula is C14H16O5. The lowest BCUT2D eigenvalue weighted by Crippen LogP contribution is -2.70. The highest BCUT2D eigenvalue weighted by atomic mass is 16.5. The van der Waals surface area contributed by atoms with Crippen LogP contribution < -0.4 is 4.74 Å². The normalized spacial score (nSPS) is 23.0. The lowest BCUT2D eigenvalue weighted by molar-refractivity contribution is -0.236. The fourth-order valence-corrected chi connectivity index (χ4v) is 2.95. The van der Waals surface area contributed by atoms with Crippen LogP contribution in [-0.2, 0) is 19.7 Å². The van der Waals surface area contributed by atoms with Crippen molar-refractivity contribution < 1.29 is 24.1 Å². The van der Waals surface area contributed by atoms with Crippen molar-refractivity contribution >= 4 is 5.97 Å². The lowest BCUT2D eigenvalue weighted by Gasteiger charge is -2.56. The third-order valence-electron chi connectivity index (χ3n) is 4.34. The topological polar surface area (TPSA) is 65.0 Å². The molecule has 2 aliphatic heterocycles. The predicted octanol–water partition coefficient (Wildman–Crippen LogP) is 1.06. The summed E-state index contributed by atoms with van der Waals surface area (Å²) in [6, 6.07) is 7.54. The Balaban J connectivity index is 2.11. The molecule has 2 fully saturated rings. The van der Waals surface area contributed by atoms with Crippen molar-refractivity contribution in [2.45, 2.75) is 5.41 Å². The highest BCUT2D eigenvalue weighted by molar-refractivity contribution is 5.79. The van der Waals surface area contributed by atoms with Crippen molar-refractivity contribution in [3.8, 4) is 5.75 Å². The maximum absolute atomic E-state index is 11.7. The summed E-state index contributed by atoms with van der Waals surface area (Å²) in [5, 5.41) is 9.63. The van der Waals surface area contributed by atoms with Crippen molar-refractivity contribution in [2.24, 2.45) is 5.41 Å². The monoisotopic (exact) mass is 264 g/mol. The average molecular weight is 264 g/mol. The zero-order valence-corrected chi connectivity index (χ0v) is 10.7. The molecule has 0 unspecified atom stereocenters. The van der Waals surface area contributed by atoms with E-state index in [1.54, 1.807) is 7.11 Å². The van der Waals surface area contributed by atoms with E-state index in [1.165, 1.54) is 0 Å². The summed E-state index contributed by atoms with van der Waals surface area (Å²) >= 11 is 0. The van der Waals surface area contributed by atoms with Crippen LogP contribution in [0.15, 0.2) is 24.3 Å². The molecule has 0 saturated carbocycles. The number of rotatable bonds is 4. The molecule has 0 aromatic heterocycles. The van der Waals surface area contributed by atoms with Gasteiger partial charge in [-0.1, -0.05) is 18.2 Å². The van der Waals surface area contributed by atoms with Crippen molar-refractivity contribution in [1.29, 1.82) is 0 Å². The molecule has 0 amide bonds. The van der Waals surface area contributed by atoms with Gasteiger partial charge in [-0.25, -0.2) is 0 Å². The number of methoxy groups -OCH3 is 1. The number of hydrogen-bond acceptors (Lipinski definition) is 4. The average Bonchev–Trinajstić information content (AvgIpc) is 2.30. The van der Waals surface area contributed by atoms with E-state index >= 15 is 0 Å². The second-order valence-corrected chi connectivity index (χ2v) is 5.16. The number of carboxylic acid groups (broad SMARTS) is 1. The van der Waals surface area contributed by atoms with Gasteiger partial charge in [0, 0.05) is 5.56 Å². The maximum Gasteiger partial charge on any atom is 0.315 e. The number of hydrogen-bond donors (Lipinski definition) is 1. The van der Waals surface area contributed by atoms with Crippen LogP contribution in [0.5, 0.6) is 5.75 Å². The fourth-order valence-electron chi connectivity index (χ4n) is 2.95. The molecule has 3 rings (SSSR count). The highest BCUT2D eigenvalue weighted by Gasteiger charge is 2.66. The van der Waals surface area contributed by atoms with Crippen molar-refractivity contribution in [1.82, 2.24) is 0 Å². The summed E-state index contributed by atoms with van der Waals surface area (Å²) in [5.74, 6) is -0.119. The molecule has 1 N–H and O–H groups in total. The van der Waals surface area contributed by atoms with E-state index in [2.05, 4.69) is 0 Å². The van der Waals surface area contributed by atoms with Gasteiger partial charge in [0.05, 0.1) is 39.0 Å². The Morgan fingerprint density at radius 3 is 2.26 bits per heavy atom. The van der Waals surface area contributed by atoms with Crippen molar-refractivity contribution in [3.05, 3.63) is 29.8 Å². The number of benzene rings is 1. The molecule has 5 heteroatoms. The predicted molar refractivity (Wildman–Crippen MR) is 66.4 cm³/mol. The summed E-state index contributed by atoms with van der Waals surface area (Å²) in [6.07, 6.45) is 0. The van der Waals surface area contributed by atoms with Crippen LogP contribution in [0.25, 0.3) is 0 Å². The van der Waals surface area contributed by atoms with Gasteiger partial charge in [0.15, 0.2) is 0 Å². The SMILES string of the molecule is COc1ccccc1C1(C2(C(=O)O)COC2)COC1. The van der Waals surface area contributed by atoms with Gasteiger partial charge in [0.25, 0.3) is 0 Å². The molecule has 2 aliphatic rings. The van der Waals surface area contributed by atoms with E-state index in [4.69, 9.17) is 14.2 Å². The van der Waals surface area contributed by atoms with Gasteiger partial charge in [-0.05, 0) is 6.07 Å². The van der Waals surface area contributed by atoms with Crippen LogP contribution in [0, 0.1) is 5.41 Å². The second kappa shape index (κ2) is 4.21. The van der Waals surface area contributed by atoms with Crippen LogP contribution in [0.1, 0.15) is 5.56 Å². The molecule has 0 bridgehead atoms. The van der Waals surface area contributed by atoms with Crippen LogP contribution in [0.2, 0.25) is 0 Å². The van der Waals surface area contributed by atoms with Gasteiger partial charge in [-0.15, -0.1) is 0 Å². The molecule has 0 spiro atoms. The van der Waals surface area contributed by atoms with E-state index in [-0.39, 0.29) is 13.2 Å². The van der Waals surface area contributed by atoms with E-state index in [0.29, 0.717) is 19.0 Å². The highest BCUT2D eigenvalue weighted by Crippen LogP contribution is 2.54. The Kier molecular flexibility index (Phi) is 2.76. The van der Waals surface area contributed by atoms with Crippen LogP contribution in [0.3, 0.4) is 0 Å². The summed E-state index contributed by atoms with van der Waals surface area (Å²) < 4.78 is 15.9. The molecule has 1 aromatic carbocycles. The number of para-hydroxylation sites is 1. The largest absolute Gasteiger partial charge is 0.496 e. The van der Waals surface area contributed by atoms with Gasteiger partial charge in [0.2, 0.25) is 0 Å². The van der Waals surface area contributed by atoms with Crippen molar-refractivity contribution in [3.63, 3.8) is 0 Å².